The predicted octanol–water partition coefficient (Wildman–Crippen LogP) is 3.96. The molecule has 0 amide bonds. The van der Waals surface area contributed by atoms with Crippen LogP contribution in [-0.4, -0.2) is 30.6 Å². The summed E-state index contributed by atoms with van der Waals surface area (Å²) in [5.74, 6) is -1.84. The Morgan fingerprint density at radius 1 is 0.889 bits per heavy atom. The van der Waals surface area contributed by atoms with E-state index in [1.165, 1.54) is 0 Å². The van der Waals surface area contributed by atoms with Gasteiger partial charge in [-0.2, -0.15) is 0 Å². The zero-order valence-corrected chi connectivity index (χ0v) is 16.3. The smallest absolute Gasteiger partial charge is 0.348 e. The molecule has 0 heterocycles. The fourth-order valence-electron chi connectivity index (χ4n) is 2.34. The maximum Gasteiger partial charge on any atom is 0.348 e. The van der Waals surface area contributed by atoms with Crippen molar-refractivity contribution in [3.05, 3.63) is 35.9 Å². The minimum absolute atomic E-state index is 0.0986. The first-order chi connectivity index (χ1) is 13.1. The van der Waals surface area contributed by atoms with E-state index in [0.717, 1.165) is 31.2 Å². The Morgan fingerprint density at radius 2 is 1.63 bits per heavy atom. The van der Waals surface area contributed by atoms with Crippen molar-refractivity contribution in [2.45, 2.75) is 71.5 Å². The molecule has 1 rings (SSSR count). The highest BCUT2D eigenvalue weighted by Crippen LogP contribution is 2.09. The summed E-state index contributed by atoms with van der Waals surface area (Å²) in [6.45, 7) is 4.27. The van der Waals surface area contributed by atoms with Crippen molar-refractivity contribution < 1.29 is 28.6 Å². The van der Waals surface area contributed by atoms with Gasteiger partial charge in [0, 0.05) is 6.42 Å². The summed E-state index contributed by atoms with van der Waals surface area (Å²) in [6.07, 6.45) is 3.01. The Balaban J connectivity index is 2.52. The Kier molecular flexibility index (Phi) is 11.6. The van der Waals surface area contributed by atoms with E-state index in [1.807, 2.05) is 37.3 Å². The van der Waals surface area contributed by atoms with Crippen molar-refractivity contribution in [1.82, 2.24) is 0 Å². The van der Waals surface area contributed by atoms with Gasteiger partial charge in [-0.3, -0.25) is 9.59 Å². The first-order valence-corrected chi connectivity index (χ1v) is 9.62. The van der Waals surface area contributed by atoms with E-state index in [9.17, 15) is 14.4 Å². The molecule has 6 heteroatoms. The van der Waals surface area contributed by atoms with Crippen molar-refractivity contribution in [1.29, 1.82) is 0 Å². The number of hydrogen-bond acceptors (Lipinski definition) is 6. The van der Waals surface area contributed by atoms with Crippen molar-refractivity contribution in [2.75, 3.05) is 6.61 Å². The molecule has 6 nitrogen and oxygen atoms in total. The second-order valence-corrected chi connectivity index (χ2v) is 6.31. The van der Waals surface area contributed by atoms with Gasteiger partial charge in [0.05, 0.1) is 13.0 Å². The molecule has 0 unspecified atom stereocenters. The van der Waals surface area contributed by atoms with Crippen LogP contribution in [0.3, 0.4) is 0 Å². The van der Waals surface area contributed by atoms with Crippen molar-refractivity contribution in [2.24, 2.45) is 0 Å². The third-order valence-corrected chi connectivity index (χ3v) is 3.83. The molecule has 0 aliphatic heterocycles. The van der Waals surface area contributed by atoms with E-state index in [0.29, 0.717) is 6.42 Å². The molecule has 0 fully saturated rings. The van der Waals surface area contributed by atoms with Gasteiger partial charge in [0.1, 0.15) is 6.61 Å². The summed E-state index contributed by atoms with van der Waals surface area (Å²) in [5.41, 5.74) is 0.837. The Labute approximate surface area is 161 Å². The molecule has 0 aliphatic rings. The van der Waals surface area contributed by atoms with Gasteiger partial charge in [-0.25, -0.2) is 4.79 Å². The molecule has 0 N–H and O–H groups in total. The van der Waals surface area contributed by atoms with E-state index < -0.39 is 24.0 Å². The molecule has 150 valence electrons. The molecular weight excluding hydrogens is 348 g/mol. The van der Waals surface area contributed by atoms with Crippen LogP contribution in [0.2, 0.25) is 0 Å². The number of hydrogen-bond donors (Lipinski definition) is 0. The number of unbranched alkanes of at least 4 members (excludes halogenated alkanes) is 3. The maximum absolute atomic E-state index is 12.2. The molecule has 1 atom stereocenters. The van der Waals surface area contributed by atoms with E-state index in [4.69, 9.17) is 14.2 Å². The van der Waals surface area contributed by atoms with Crippen LogP contribution in [0.1, 0.15) is 64.4 Å². The fourth-order valence-corrected chi connectivity index (χ4v) is 2.34. The monoisotopic (exact) mass is 378 g/mol. The van der Waals surface area contributed by atoms with Crippen molar-refractivity contribution >= 4 is 17.9 Å². The average molecular weight is 378 g/mol. The molecule has 0 radical (unpaired) electrons. The molecule has 0 aromatic heterocycles. The van der Waals surface area contributed by atoms with E-state index in [2.05, 4.69) is 6.92 Å². The minimum atomic E-state index is -1.27. The molecule has 0 aliphatic carbocycles. The lowest BCUT2D eigenvalue weighted by molar-refractivity contribution is -0.172. The van der Waals surface area contributed by atoms with Crippen LogP contribution in [0.5, 0.6) is 0 Å². The first-order valence-electron chi connectivity index (χ1n) is 9.62. The highest BCUT2D eigenvalue weighted by atomic mass is 16.6. The number of benzene rings is 1. The predicted molar refractivity (Wildman–Crippen MR) is 101 cm³/mol. The highest BCUT2D eigenvalue weighted by molar-refractivity contribution is 5.84. The normalized spacial score (nSPS) is 11.5. The third kappa shape index (κ3) is 10.4. The van der Waals surface area contributed by atoms with Crippen LogP contribution in [-0.2, 0) is 35.2 Å². The van der Waals surface area contributed by atoms with E-state index in [-0.39, 0.29) is 26.1 Å². The largest absolute Gasteiger partial charge is 0.463 e. The molecular formula is C21H30O6. The first kappa shape index (κ1) is 22.7. The SMILES string of the molecule is CCCCCCOC(=O)[C@H](CC(=O)OCc1ccccc1)OC(=O)CCC. The second-order valence-electron chi connectivity index (χ2n) is 6.31. The minimum Gasteiger partial charge on any atom is -0.463 e. The van der Waals surface area contributed by atoms with Gasteiger partial charge in [0.15, 0.2) is 0 Å². The van der Waals surface area contributed by atoms with Gasteiger partial charge in [-0.1, -0.05) is 63.4 Å². The topological polar surface area (TPSA) is 78.9 Å². The molecule has 0 saturated heterocycles. The van der Waals surface area contributed by atoms with Crippen LogP contribution in [0.4, 0.5) is 0 Å². The van der Waals surface area contributed by atoms with Crippen LogP contribution >= 0.6 is 0 Å². The zero-order chi connectivity index (χ0) is 19.9. The molecule has 0 saturated carbocycles. The molecule has 27 heavy (non-hydrogen) atoms. The lowest BCUT2D eigenvalue weighted by Crippen LogP contribution is -2.32. The summed E-state index contributed by atoms with van der Waals surface area (Å²) in [6, 6.07) is 9.21. The fraction of sp³-hybridized carbons (Fsp3) is 0.571. The molecule has 1 aromatic carbocycles. The summed E-state index contributed by atoms with van der Waals surface area (Å²) >= 11 is 0. The number of carbonyl (C=O) groups excluding carboxylic acids is 3. The summed E-state index contributed by atoms with van der Waals surface area (Å²) < 4.78 is 15.5. The molecule has 0 bridgehead atoms. The Bertz CT molecular complexity index is 569. The molecule has 0 spiro atoms. The van der Waals surface area contributed by atoms with E-state index in [1.54, 1.807) is 0 Å². The maximum atomic E-state index is 12.2. The van der Waals surface area contributed by atoms with Gasteiger partial charge < -0.3 is 14.2 Å². The quantitative estimate of drug-likeness (QED) is 0.294. The van der Waals surface area contributed by atoms with Gasteiger partial charge in [-0.15, -0.1) is 0 Å². The van der Waals surface area contributed by atoms with Gasteiger partial charge in [-0.05, 0) is 18.4 Å². The van der Waals surface area contributed by atoms with Crippen LogP contribution in [0.15, 0.2) is 30.3 Å². The zero-order valence-electron chi connectivity index (χ0n) is 16.3. The second kappa shape index (κ2) is 13.8. The van der Waals surface area contributed by atoms with Crippen LogP contribution < -0.4 is 0 Å². The number of esters is 3. The van der Waals surface area contributed by atoms with Gasteiger partial charge in [0.25, 0.3) is 0 Å². The number of rotatable bonds is 13. The van der Waals surface area contributed by atoms with E-state index >= 15 is 0 Å². The van der Waals surface area contributed by atoms with Crippen LogP contribution in [0.25, 0.3) is 0 Å². The van der Waals surface area contributed by atoms with Crippen molar-refractivity contribution in [3.63, 3.8) is 0 Å². The summed E-state index contributed by atoms with van der Waals surface area (Å²) in [5, 5.41) is 0. The Morgan fingerprint density at radius 3 is 2.30 bits per heavy atom. The lowest BCUT2D eigenvalue weighted by Gasteiger charge is -2.16. The highest BCUT2D eigenvalue weighted by Gasteiger charge is 2.28. The van der Waals surface area contributed by atoms with Crippen LogP contribution in [0, 0.1) is 0 Å². The standard InChI is InChI=1S/C21H30O6/c1-3-5-6-10-14-25-21(24)18(27-19(22)11-4-2)15-20(23)26-16-17-12-8-7-9-13-17/h7-9,12-13,18H,3-6,10-11,14-16H2,1-2H3/t18-/m0/s1. The lowest BCUT2D eigenvalue weighted by atomic mass is 10.2. The summed E-state index contributed by atoms with van der Waals surface area (Å²) in [7, 11) is 0. The number of ether oxygens (including phenoxy) is 3. The van der Waals surface area contributed by atoms with Gasteiger partial charge in [0.2, 0.25) is 6.10 Å². The van der Waals surface area contributed by atoms with Crippen molar-refractivity contribution in [3.8, 4) is 0 Å². The average Bonchev–Trinajstić information content (AvgIpc) is 2.66. The number of carbonyl (C=O) groups is 3. The Hall–Kier alpha value is -2.37. The molecule has 1 aromatic rings. The summed E-state index contributed by atoms with van der Waals surface area (Å²) in [4.78, 5) is 36.0. The third-order valence-electron chi connectivity index (χ3n) is 3.83. The van der Waals surface area contributed by atoms with Gasteiger partial charge >= 0.3 is 17.9 Å².